The number of hydrogen-bond acceptors (Lipinski definition) is 4. The quantitative estimate of drug-likeness (QED) is 0.264. The normalized spacial score (nSPS) is 11.1. The van der Waals surface area contributed by atoms with Gasteiger partial charge in [-0.15, -0.1) is 0 Å². The topological polar surface area (TPSA) is 44.1 Å². The summed E-state index contributed by atoms with van der Waals surface area (Å²) < 4.78 is 21.2. The van der Waals surface area contributed by atoms with E-state index in [0.29, 0.717) is 30.0 Å². The van der Waals surface area contributed by atoms with Crippen molar-refractivity contribution in [2.75, 3.05) is 6.61 Å². The number of ether oxygens (including phenoxy) is 1. The molecule has 3 aromatic carbocycles. The van der Waals surface area contributed by atoms with Crippen molar-refractivity contribution in [1.29, 1.82) is 0 Å². The second-order valence-corrected chi connectivity index (χ2v) is 8.20. The van der Waals surface area contributed by atoms with Crippen LogP contribution in [0.5, 0.6) is 0 Å². The maximum absolute atomic E-state index is 13.9. The highest BCUT2D eigenvalue weighted by molar-refractivity contribution is 7.98. The molecule has 6 heteroatoms. The van der Waals surface area contributed by atoms with E-state index in [1.165, 1.54) is 0 Å². The summed E-state index contributed by atoms with van der Waals surface area (Å²) in [6.07, 6.45) is 0. The molecule has 0 aliphatic heterocycles. The summed E-state index contributed by atoms with van der Waals surface area (Å²) in [4.78, 5) is 16.9. The minimum absolute atomic E-state index is 0.199. The zero-order chi connectivity index (χ0) is 21.8. The lowest BCUT2D eigenvalue weighted by Crippen LogP contribution is -2.04. The van der Waals surface area contributed by atoms with Crippen molar-refractivity contribution >= 4 is 28.8 Å². The highest BCUT2D eigenvalue weighted by atomic mass is 32.2. The van der Waals surface area contributed by atoms with Crippen LogP contribution in [0, 0.1) is 12.7 Å². The van der Waals surface area contributed by atoms with E-state index in [1.54, 1.807) is 49.9 Å². The van der Waals surface area contributed by atoms with Gasteiger partial charge in [-0.1, -0.05) is 54.2 Å². The summed E-state index contributed by atoms with van der Waals surface area (Å²) in [5.41, 5.74) is 4.85. The van der Waals surface area contributed by atoms with Crippen LogP contribution in [0.1, 0.15) is 34.0 Å². The molecule has 0 fully saturated rings. The number of carbonyl (C=O) groups is 1. The summed E-state index contributed by atoms with van der Waals surface area (Å²) in [6, 6.07) is 20.9. The van der Waals surface area contributed by atoms with E-state index in [9.17, 15) is 9.18 Å². The second-order valence-electron chi connectivity index (χ2n) is 7.26. The highest BCUT2D eigenvalue weighted by Crippen LogP contribution is 2.29. The number of aryl methyl sites for hydroxylation is 1. The number of aromatic nitrogens is 2. The Bertz CT molecular complexity index is 1220. The van der Waals surface area contributed by atoms with Crippen molar-refractivity contribution in [3.05, 3.63) is 94.8 Å². The molecule has 4 rings (SSSR count). The Kier molecular flexibility index (Phi) is 6.37. The Labute approximate surface area is 185 Å². The first kappa shape index (κ1) is 21.1. The minimum atomic E-state index is -0.355. The lowest BCUT2D eigenvalue weighted by molar-refractivity contribution is 0.0526. The molecular weight excluding hydrogens is 411 g/mol. The van der Waals surface area contributed by atoms with Gasteiger partial charge in [0.15, 0.2) is 5.16 Å². The lowest BCUT2D eigenvalue weighted by atomic mass is 10.2. The number of carbonyl (C=O) groups excluding carboxylic acids is 1. The van der Waals surface area contributed by atoms with Gasteiger partial charge in [-0.05, 0) is 54.8 Å². The van der Waals surface area contributed by atoms with Crippen LogP contribution in [0.15, 0.2) is 71.9 Å². The number of halogens is 1. The Morgan fingerprint density at radius 3 is 2.61 bits per heavy atom. The predicted octanol–water partition coefficient (Wildman–Crippen LogP) is 6.00. The van der Waals surface area contributed by atoms with Crippen molar-refractivity contribution in [2.45, 2.75) is 31.3 Å². The Balaban J connectivity index is 1.69. The number of hydrogen-bond donors (Lipinski definition) is 0. The smallest absolute Gasteiger partial charge is 0.338 e. The van der Waals surface area contributed by atoms with Crippen LogP contribution in [-0.4, -0.2) is 22.1 Å². The number of esters is 1. The van der Waals surface area contributed by atoms with Crippen LogP contribution in [0.4, 0.5) is 4.39 Å². The Morgan fingerprint density at radius 2 is 1.87 bits per heavy atom. The van der Waals surface area contributed by atoms with Gasteiger partial charge in [-0.2, -0.15) is 0 Å². The van der Waals surface area contributed by atoms with E-state index in [1.807, 2.05) is 30.3 Å². The number of fused-ring (bicyclic) bond motifs is 1. The van der Waals surface area contributed by atoms with Crippen LogP contribution >= 0.6 is 11.8 Å². The van der Waals surface area contributed by atoms with Crippen LogP contribution < -0.4 is 0 Å². The van der Waals surface area contributed by atoms with Gasteiger partial charge in [0.05, 0.1) is 29.7 Å². The van der Waals surface area contributed by atoms with Gasteiger partial charge in [0.1, 0.15) is 5.82 Å². The first-order valence-electron chi connectivity index (χ1n) is 10.1. The standard InChI is InChI=1S/C25H23FN2O2S/c1-3-30-24(29)20-11-12-23-22(14-20)27-25(28(23)15-18-7-5-4-6-8-18)31-16-19-10-9-17(2)21(26)13-19/h4-14H,3,15-16H2,1-2H3. The Hall–Kier alpha value is -3.12. The van der Waals surface area contributed by atoms with Gasteiger partial charge < -0.3 is 9.30 Å². The minimum Gasteiger partial charge on any atom is -0.462 e. The molecule has 4 nitrogen and oxygen atoms in total. The molecule has 0 bridgehead atoms. The molecule has 0 aliphatic carbocycles. The highest BCUT2D eigenvalue weighted by Gasteiger charge is 2.15. The van der Waals surface area contributed by atoms with Gasteiger partial charge in [-0.25, -0.2) is 14.2 Å². The third-order valence-corrected chi connectivity index (χ3v) is 6.06. The van der Waals surface area contributed by atoms with E-state index in [4.69, 9.17) is 9.72 Å². The van der Waals surface area contributed by atoms with Crippen molar-refractivity contribution < 1.29 is 13.9 Å². The van der Waals surface area contributed by atoms with Crippen LogP contribution in [0.25, 0.3) is 11.0 Å². The molecule has 0 radical (unpaired) electrons. The van der Waals surface area contributed by atoms with Gasteiger partial charge in [0, 0.05) is 5.75 Å². The number of rotatable bonds is 7. The maximum Gasteiger partial charge on any atom is 0.338 e. The molecule has 0 saturated heterocycles. The fourth-order valence-electron chi connectivity index (χ4n) is 3.35. The molecule has 1 heterocycles. The number of benzene rings is 3. The third-order valence-electron chi connectivity index (χ3n) is 5.01. The number of nitrogens with zero attached hydrogens (tertiary/aromatic N) is 2. The molecule has 0 saturated carbocycles. The molecule has 0 atom stereocenters. The maximum atomic E-state index is 13.9. The van der Waals surface area contributed by atoms with Crippen molar-refractivity contribution in [2.24, 2.45) is 0 Å². The molecule has 0 spiro atoms. The fourth-order valence-corrected chi connectivity index (χ4v) is 4.31. The van der Waals surface area contributed by atoms with Gasteiger partial charge in [0.2, 0.25) is 0 Å². The van der Waals surface area contributed by atoms with Crippen molar-refractivity contribution in [1.82, 2.24) is 9.55 Å². The fraction of sp³-hybridized carbons (Fsp3) is 0.200. The predicted molar refractivity (Wildman–Crippen MR) is 122 cm³/mol. The van der Waals surface area contributed by atoms with Gasteiger partial charge in [0.25, 0.3) is 0 Å². The average molecular weight is 435 g/mol. The SMILES string of the molecule is CCOC(=O)c1ccc2c(c1)nc(SCc1ccc(C)c(F)c1)n2Cc1ccccc1. The monoisotopic (exact) mass is 434 g/mol. The first-order chi connectivity index (χ1) is 15.0. The van der Waals surface area contributed by atoms with Crippen LogP contribution in [-0.2, 0) is 17.0 Å². The second kappa shape index (κ2) is 9.35. The Morgan fingerprint density at radius 1 is 1.06 bits per heavy atom. The molecule has 4 aromatic rings. The molecule has 1 aromatic heterocycles. The molecule has 0 aliphatic rings. The summed E-state index contributed by atoms with van der Waals surface area (Å²) in [5.74, 6) is 0.0429. The molecule has 158 valence electrons. The molecule has 31 heavy (non-hydrogen) atoms. The summed E-state index contributed by atoms with van der Waals surface area (Å²) in [5, 5.41) is 0.820. The van der Waals surface area contributed by atoms with Gasteiger partial charge in [-0.3, -0.25) is 0 Å². The van der Waals surface area contributed by atoms with E-state index < -0.39 is 0 Å². The molecule has 0 unspecified atom stereocenters. The van der Waals surface area contributed by atoms with Crippen LogP contribution in [0.2, 0.25) is 0 Å². The zero-order valence-corrected chi connectivity index (χ0v) is 18.3. The third kappa shape index (κ3) is 4.80. The average Bonchev–Trinajstić information content (AvgIpc) is 3.12. The largest absolute Gasteiger partial charge is 0.462 e. The van der Waals surface area contributed by atoms with Crippen LogP contribution in [0.3, 0.4) is 0 Å². The molecule has 0 amide bonds. The van der Waals surface area contributed by atoms with E-state index in [2.05, 4.69) is 16.7 Å². The summed E-state index contributed by atoms with van der Waals surface area (Å²) >= 11 is 1.55. The molecular formula is C25H23FN2O2S. The van der Waals surface area contributed by atoms with Crippen molar-refractivity contribution in [3.8, 4) is 0 Å². The van der Waals surface area contributed by atoms with Gasteiger partial charge >= 0.3 is 5.97 Å². The zero-order valence-electron chi connectivity index (χ0n) is 17.5. The summed E-state index contributed by atoms with van der Waals surface area (Å²) in [7, 11) is 0. The van der Waals surface area contributed by atoms with E-state index >= 15 is 0 Å². The number of thioether (sulfide) groups is 1. The van der Waals surface area contributed by atoms with Crippen molar-refractivity contribution in [3.63, 3.8) is 0 Å². The van der Waals surface area contributed by atoms with E-state index in [0.717, 1.165) is 27.3 Å². The molecule has 0 N–H and O–H groups in total. The number of imidazole rings is 1. The summed E-state index contributed by atoms with van der Waals surface area (Å²) in [6.45, 7) is 4.52. The first-order valence-corrected chi connectivity index (χ1v) is 11.1. The lowest BCUT2D eigenvalue weighted by Gasteiger charge is -2.10. The van der Waals surface area contributed by atoms with E-state index in [-0.39, 0.29) is 11.8 Å².